The Balaban J connectivity index is 0.000000254. The fourth-order valence-corrected chi connectivity index (χ4v) is 27.5. The van der Waals surface area contributed by atoms with Gasteiger partial charge in [-0.2, -0.15) is 0 Å². The Kier molecular flexibility index (Phi) is 39.8. The Bertz CT molecular complexity index is 5940. The maximum Gasteiger partial charge on any atom is 0.131 e. The molecule has 0 atom stereocenters. The van der Waals surface area contributed by atoms with Gasteiger partial charge in [-0.25, -0.2) is 22.0 Å². The normalized spacial score (nSPS) is 27.1. The van der Waals surface area contributed by atoms with Crippen LogP contribution in [0.25, 0.3) is 66.8 Å². The van der Waals surface area contributed by atoms with E-state index in [1.165, 1.54) is 318 Å². The molecule has 0 N–H and O–H groups in total. The molecule has 0 radical (unpaired) electrons. The zero-order valence-corrected chi connectivity index (χ0v) is 93.0. The predicted octanol–water partition coefficient (Wildman–Crippen LogP) is 46.7. The molecule has 0 amide bonds. The van der Waals surface area contributed by atoms with Crippen LogP contribution in [0.15, 0.2) is 261 Å². The fraction of sp³-hybridized carbons (Fsp3) is 0.500. The quantitative estimate of drug-likeness (QED) is 0.0846. The molecule has 10 saturated carbocycles. The Morgan fingerprint density at radius 2 is 0.309 bits per heavy atom. The van der Waals surface area contributed by atoms with Gasteiger partial charge in [0.15, 0.2) is 0 Å². The van der Waals surface area contributed by atoms with Crippen LogP contribution in [-0.4, -0.2) is 0 Å². The summed E-state index contributed by atoms with van der Waals surface area (Å²) in [6, 6.07) is 90.0. The minimum atomic E-state index is -0.165. The second kappa shape index (κ2) is 53.7. The topological polar surface area (TPSA) is 0 Å². The van der Waals surface area contributed by atoms with Crippen molar-refractivity contribution in [1.82, 2.24) is 0 Å². The van der Waals surface area contributed by atoms with Crippen molar-refractivity contribution >= 4 is 0 Å². The Labute approximate surface area is 912 Å². The van der Waals surface area contributed by atoms with Gasteiger partial charge in [-0.05, 0) is 405 Å². The van der Waals surface area contributed by atoms with Gasteiger partial charge in [0.1, 0.15) is 29.1 Å². The molecule has 0 aromatic heterocycles. The number of benzene rings is 12. The zero-order chi connectivity index (χ0) is 104. The monoisotopic (exact) mass is 2020 g/mol. The van der Waals surface area contributed by atoms with E-state index in [0.717, 1.165) is 121 Å². The SMILES string of the molecule is CC1CCC(c2ccc(-c3ccc(C4CCC(C)CC4)cc3)cc2)CC1.CC1CCC(c2ccc(-c3ccc(C4CCC(C)CC4)cc3F)cc2)CC1.CC1CCC(c2ccc(C3CCC(C4CCC(C)CC4)CC3)c(F)c2)CC1.Cc1ccc(-c2ccc(-c3ccc(C4CCC(C)CC4)cc3)cc2F)cc1.Cc1ccc(-c2ccc(C3CCC(C)CC3)cc2F)cc1.Cc1ccc(-c2ccc(C3CCC(C)CC3)cc2F)cc1.[HH].[HH].[HH].[HH].[HH].[HH].[HH].[HH].[HH].[HH]. The Hall–Kier alpha value is -9.71. The molecule has 0 heterocycles. The minimum absolute atomic E-state index is 0. The molecule has 149 heavy (non-hydrogen) atoms. The lowest BCUT2D eigenvalue weighted by Gasteiger charge is -2.37. The van der Waals surface area contributed by atoms with Gasteiger partial charge in [0.25, 0.3) is 0 Å². The van der Waals surface area contributed by atoms with Gasteiger partial charge in [-0.1, -0.05) is 425 Å². The molecule has 0 spiro atoms. The number of hydrogen-bond acceptors (Lipinski definition) is 0. The first-order valence-electron chi connectivity index (χ1n) is 59.8. The van der Waals surface area contributed by atoms with Crippen molar-refractivity contribution in [3.05, 3.63) is 357 Å². The van der Waals surface area contributed by atoms with Crippen LogP contribution in [0.3, 0.4) is 0 Å². The van der Waals surface area contributed by atoms with Gasteiger partial charge in [0.05, 0.1) is 0 Å². The zero-order valence-electron chi connectivity index (χ0n) is 93.0. The van der Waals surface area contributed by atoms with Crippen molar-refractivity contribution < 1.29 is 36.2 Å². The van der Waals surface area contributed by atoms with Crippen molar-refractivity contribution in [3.8, 4) is 66.8 Å². The highest BCUT2D eigenvalue weighted by Crippen LogP contribution is 2.50. The number of hydrogen-bond donors (Lipinski definition) is 0. The van der Waals surface area contributed by atoms with E-state index < -0.39 is 0 Å². The maximum atomic E-state index is 15.0. The van der Waals surface area contributed by atoms with Gasteiger partial charge in [-0.3, -0.25) is 0 Å². The minimum Gasteiger partial charge on any atom is -0.207 e. The van der Waals surface area contributed by atoms with E-state index in [4.69, 9.17) is 0 Å². The number of rotatable bonds is 16. The first-order valence-corrected chi connectivity index (χ1v) is 59.8. The van der Waals surface area contributed by atoms with Crippen molar-refractivity contribution in [2.75, 3.05) is 0 Å². The van der Waals surface area contributed by atoms with E-state index in [9.17, 15) is 22.0 Å². The summed E-state index contributed by atoms with van der Waals surface area (Å²) in [5.74, 6) is 15.1. The lowest BCUT2D eigenvalue weighted by molar-refractivity contribution is 0.164. The Morgan fingerprint density at radius 3 is 0.537 bits per heavy atom. The summed E-state index contributed by atoms with van der Waals surface area (Å²) in [5, 5.41) is 0. The van der Waals surface area contributed by atoms with Gasteiger partial charge < -0.3 is 0 Å². The van der Waals surface area contributed by atoms with E-state index >= 15 is 0 Å². The highest BCUT2D eigenvalue weighted by atomic mass is 19.1. The summed E-state index contributed by atoms with van der Waals surface area (Å²) in [5.41, 5.74) is 26.8. The third kappa shape index (κ3) is 30.7. The van der Waals surface area contributed by atoms with Crippen LogP contribution in [0, 0.1) is 115 Å². The van der Waals surface area contributed by atoms with E-state index in [0.29, 0.717) is 58.1 Å². The highest BCUT2D eigenvalue weighted by Gasteiger charge is 2.34. The van der Waals surface area contributed by atoms with Crippen LogP contribution < -0.4 is 0 Å². The van der Waals surface area contributed by atoms with Crippen LogP contribution in [0.1, 0.15) is 453 Å². The van der Waals surface area contributed by atoms with E-state index in [2.05, 4.69) is 190 Å². The summed E-state index contributed by atoms with van der Waals surface area (Å²) in [6.07, 6.45) is 52.3. The molecule has 12 aromatic carbocycles. The molecule has 5 heteroatoms. The molecule has 12 aromatic rings. The molecule has 10 aliphatic carbocycles. The summed E-state index contributed by atoms with van der Waals surface area (Å²) in [6.45, 7) is 27.4. The molecule has 0 aliphatic heterocycles. The van der Waals surface area contributed by atoms with Crippen molar-refractivity contribution in [1.29, 1.82) is 0 Å². The second-order valence-corrected chi connectivity index (χ2v) is 50.1. The largest absolute Gasteiger partial charge is 0.207 e. The highest BCUT2D eigenvalue weighted by molar-refractivity contribution is 5.73. The van der Waals surface area contributed by atoms with Gasteiger partial charge >= 0.3 is 0 Å². The van der Waals surface area contributed by atoms with E-state index in [-0.39, 0.29) is 43.4 Å². The molecular formula is C144H199F5. The number of halogens is 5. The van der Waals surface area contributed by atoms with Gasteiger partial charge in [-0.15, -0.1) is 0 Å². The second-order valence-electron chi connectivity index (χ2n) is 50.1. The third-order valence-corrected chi connectivity index (χ3v) is 38.5. The number of aryl methyl sites for hydroxylation is 3. The summed E-state index contributed by atoms with van der Waals surface area (Å²) in [4.78, 5) is 0. The summed E-state index contributed by atoms with van der Waals surface area (Å²) in [7, 11) is 0. The van der Waals surface area contributed by atoms with Gasteiger partial charge in [0.2, 0.25) is 0 Å². The smallest absolute Gasteiger partial charge is 0.131 e. The first kappa shape index (κ1) is 110. The maximum absolute atomic E-state index is 15.0. The standard InChI is InChI=1S/C26H27F.C26H39F.C26H33F.C26H34.2C20H23F.10H2/c1-18-3-7-20(8-4-18)21-11-13-22(14-12-21)24-15-16-25(26(27)17-24)23-9-5-19(2)6-10-23;2*1-18-3-7-20(8-4-18)21-11-13-23(14-12-21)25-16-15-24(17-26(25)27)22-9-5-19(2)6-10-22;1-19-3-7-21(8-4-19)23-11-15-25(16-12-23)26-17-13-24(14-18-26)22-9-5-20(2)6-10-22;2*1-14-3-7-16(8-4-14)18-11-12-19(20(21)13-18)17-9-5-15(2)6-10-17;;;;;;;;;;/h5-6,9-18,20H,3-4,7-8H2,1-2H3;15-23H,3-14H2,1-2H3;11-20,22H,3-10H2,1-2H3;11-22H,3-10H2,1-2H3;2*5-6,9-14,16H,3-4,7-8H2,1-2H3;10*1H. The molecule has 0 nitrogen and oxygen atoms in total. The van der Waals surface area contributed by atoms with E-state index in [1.807, 2.05) is 130 Å². The average molecular weight is 2030 g/mol. The lowest BCUT2D eigenvalue weighted by atomic mass is 9.68. The molecule has 10 fully saturated rings. The predicted molar refractivity (Wildman–Crippen MR) is 645 cm³/mol. The molecule has 0 saturated heterocycles. The van der Waals surface area contributed by atoms with Crippen molar-refractivity contribution in [3.63, 3.8) is 0 Å². The van der Waals surface area contributed by atoms with Crippen LogP contribution in [0.2, 0.25) is 0 Å². The molecule has 810 valence electrons. The fourth-order valence-electron chi connectivity index (χ4n) is 27.5. The Morgan fingerprint density at radius 1 is 0.148 bits per heavy atom. The summed E-state index contributed by atoms with van der Waals surface area (Å²) >= 11 is 0. The molecule has 10 aliphatic rings. The molecular weight excluding hydrogens is 1820 g/mol. The first-order chi connectivity index (χ1) is 72.2. The molecule has 22 rings (SSSR count). The third-order valence-electron chi connectivity index (χ3n) is 38.5. The molecule has 0 bridgehead atoms. The van der Waals surface area contributed by atoms with Crippen LogP contribution in [-0.2, 0) is 0 Å². The lowest BCUT2D eigenvalue weighted by Crippen LogP contribution is -2.25. The van der Waals surface area contributed by atoms with Crippen molar-refractivity contribution in [2.45, 2.75) is 393 Å². The van der Waals surface area contributed by atoms with Crippen LogP contribution in [0.5, 0.6) is 0 Å². The van der Waals surface area contributed by atoms with Crippen LogP contribution in [0.4, 0.5) is 22.0 Å². The van der Waals surface area contributed by atoms with Crippen molar-refractivity contribution in [2.24, 2.45) is 65.1 Å². The van der Waals surface area contributed by atoms with E-state index in [1.54, 1.807) is 35.4 Å². The van der Waals surface area contributed by atoms with Gasteiger partial charge in [0, 0.05) is 36.5 Å². The summed E-state index contributed by atoms with van der Waals surface area (Å²) < 4.78 is 73.5. The average Bonchev–Trinajstić information content (AvgIpc) is 0.807. The van der Waals surface area contributed by atoms with Crippen LogP contribution >= 0.6 is 0 Å². The molecule has 0 unspecified atom stereocenters.